The van der Waals surface area contributed by atoms with Crippen LogP contribution in [0, 0.1) is 5.82 Å². The number of ether oxygens (including phenoxy) is 2. The van der Waals surface area contributed by atoms with Gasteiger partial charge < -0.3 is 18.8 Å². The van der Waals surface area contributed by atoms with Crippen molar-refractivity contribution in [2.45, 2.75) is 26.0 Å². The normalized spacial score (nSPS) is 11.3. The van der Waals surface area contributed by atoms with Crippen LogP contribution in [0.15, 0.2) is 47.1 Å². The zero-order valence-corrected chi connectivity index (χ0v) is 14.1. The molecular weight excluding hydrogens is 313 g/mol. The van der Waals surface area contributed by atoms with Gasteiger partial charge in [-0.1, -0.05) is 0 Å². The quantitative estimate of drug-likeness (QED) is 0.743. The fraction of sp³-hybridized carbons (Fsp3) is 0.389. The van der Waals surface area contributed by atoms with Crippen molar-refractivity contribution >= 4 is 5.91 Å². The summed E-state index contributed by atoms with van der Waals surface area (Å²) in [4.78, 5) is 14.5. The van der Waals surface area contributed by atoms with Crippen LogP contribution in [0.3, 0.4) is 0 Å². The van der Waals surface area contributed by atoms with Crippen LogP contribution in [-0.4, -0.2) is 36.7 Å². The van der Waals surface area contributed by atoms with Crippen molar-refractivity contribution in [3.63, 3.8) is 0 Å². The molecule has 0 atom stereocenters. The molecule has 0 saturated carbocycles. The molecule has 2 rings (SSSR count). The Kier molecular flexibility index (Phi) is 5.98. The first kappa shape index (κ1) is 18.0. The lowest BCUT2D eigenvalue weighted by atomic mass is 10.1. The highest BCUT2D eigenvalue weighted by Crippen LogP contribution is 2.21. The van der Waals surface area contributed by atoms with Gasteiger partial charge in [-0.3, -0.25) is 4.79 Å². The second-order valence-corrected chi connectivity index (χ2v) is 5.87. The van der Waals surface area contributed by atoms with E-state index in [1.807, 2.05) is 0 Å². The maximum atomic E-state index is 13.0. The smallest absolute Gasteiger partial charge is 0.266 e. The molecular formula is C18H22FNO4. The summed E-state index contributed by atoms with van der Waals surface area (Å²) >= 11 is 0. The Morgan fingerprint density at radius 3 is 2.54 bits per heavy atom. The van der Waals surface area contributed by atoms with E-state index in [9.17, 15) is 9.18 Å². The Bertz CT molecular complexity index is 638. The Labute approximate surface area is 141 Å². The fourth-order valence-corrected chi connectivity index (χ4v) is 2.27. The largest absolute Gasteiger partial charge is 0.478 e. The van der Waals surface area contributed by atoms with Gasteiger partial charge in [-0.2, -0.15) is 0 Å². The molecule has 0 radical (unpaired) electrons. The summed E-state index contributed by atoms with van der Waals surface area (Å²) in [5.74, 6) is 0.544. The van der Waals surface area contributed by atoms with Gasteiger partial charge in [0.1, 0.15) is 17.3 Å². The molecule has 24 heavy (non-hydrogen) atoms. The summed E-state index contributed by atoms with van der Waals surface area (Å²) in [5, 5.41) is 0. The van der Waals surface area contributed by atoms with Crippen molar-refractivity contribution in [2.24, 2.45) is 0 Å². The van der Waals surface area contributed by atoms with Gasteiger partial charge in [-0.25, -0.2) is 4.39 Å². The molecule has 1 amide bonds. The maximum Gasteiger partial charge on any atom is 0.266 e. The average molecular weight is 335 g/mol. The molecule has 130 valence electrons. The van der Waals surface area contributed by atoms with Gasteiger partial charge in [-0.15, -0.1) is 0 Å². The number of furan rings is 1. The molecule has 0 aliphatic rings. The van der Waals surface area contributed by atoms with Crippen molar-refractivity contribution in [1.82, 2.24) is 4.90 Å². The summed E-state index contributed by atoms with van der Waals surface area (Å²) in [7, 11) is 1.58. The van der Waals surface area contributed by atoms with Crippen LogP contribution >= 0.6 is 0 Å². The standard InChI is InChI=1S/C18H22FNO4/c1-18(2,24-15-8-6-14(19)7-9-15)17(21)20(10-12-22-3)13-16-5-4-11-23-16/h4-9,11H,10,12-13H2,1-3H3. The van der Waals surface area contributed by atoms with Gasteiger partial charge >= 0.3 is 0 Å². The van der Waals surface area contributed by atoms with Crippen LogP contribution in [0.4, 0.5) is 4.39 Å². The number of halogens is 1. The lowest BCUT2D eigenvalue weighted by molar-refractivity contribution is -0.147. The molecule has 0 unspecified atom stereocenters. The number of amides is 1. The molecule has 0 aliphatic heterocycles. The molecule has 6 heteroatoms. The molecule has 1 aromatic carbocycles. The van der Waals surface area contributed by atoms with Crippen LogP contribution in [-0.2, 0) is 16.1 Å². The first-order valence-electron chi connectivity index (χ1n) is 7.67. The van der Waals surface area contributed by atoms with E-state index in [0.29, 0.717) is 31.2 Å². The topological polar surface area (TPSA) is 51.9 Å². The summed E-state index contributed by atoms with van der Waals surface area (Å²) < 4.78 is 29.2. The minimum atomic E-state index is -1.11. The summed E-state index contributed by atoms with van der Waals surface area (Å²) in [6.45, 7) is 4.50. The number of hydrogen-bond donors (Lipinski definition) is 0. The monoisotopic (exact) mass is 335 g/mol. The zero-order chi connectivity index (χ0) is 17.6. The van der Waals surface area contributed by atoms with Gasteiger partial charge in [-0.05, 0) is 50.2 Å². The van der Waals surface area contributed by atoms with Crippen molar-refractivity contribution in [2.75, 3.05) is 20.3 Å². The summed E-state index contributed by atoms with van der Waals surface area (Å²) in [6, 6.07) is 9.16. The van der Waals surface area contributed by atoms with Crippen LogP contribution in [0.2, 0.25) is 0 Å². The number of carbonyl (C=O) groups is 1. The molecule has 0 bridgehead atoms. The SMILES string of the molecule is COCCN(Cc1ccco1)C(=O)C(C)(C)Oc1ccc(F)cc1. The minimum absolute atomic E-state index is 0.208. The Morgan fingerprint density at radius 1 is 1.25 bits per heavy atom. The third-order valence-corrected chi connectivity index (χ3v) is 3.48. The summed E-state index contributed by atoms with van der Waals surface area (Å²) in [5.41, 5.74) is -1.11. The summed E-state index contributed by atoms with van der Waals surface area (Å²) in [6.07, 6.45) is 1.56. The first-order valence-corrected chi connectivity index (χ1v) is 7.67. The predicted octanol–water partition coefficient (Wildman–Crippen LogP) is 3.25. The molecule has 0 N–H and O–H groups in total. The Balaban J connectivity index is 2.11. The van der Waals surface area contributed by atoms with Crippen molar-refractivity contribution in [3.8, 4) is 5.75 Å². The van der Waals surface area contributed by atoms with Gasteiger partial charge in [0.15, 0.2) is 5.60 Å². The van der Waals surface area contributed by atoms with E-state index >= 15 is 0 Å². The zero-order valence-electron chi connectivity index (χ0n) is 14.1. The van der Waals surface area contributed by atoms with Crippen molar-refractivity contribution in [1.29, 1.82) is 0 Å². The van der Waals surface area contributed by atoms with Gasteiger partial charge in [0.2, 0.25) is 0 Å². The number of benzene rings is 1. The highest BCUT2D eigenvalue weighted by atomic mass is 19.1. The number of carbonyl (C=O) groups excluding carboxylic acids is 1. The van der Waals surface area contributed by atoms with E-state index in [4.69, 9.17) is 13.9 Å². The second kappa shape index (κ2) is 7.97. The molecule has 5 nitrogen and oxygen atoms in total. The molecule has 1 heterocycles. The van der Waals surface area contributed by atoms with Crippen LogP contribution in [0.5, 0.6) is 5.75 Å². The maximum absolute atomic E-state index is 13.0. The molecule has 0 aliphatic carbocycles. The Morgan fingerprint density at radius 2 is 1.96 bits per heavy atom. The highest BCUT2D eigenvalue weighted by molar-refractivity contribution is 5.84. The van der Waals surface area contributed by atoms with Gasteiger partial charge in [0.25, 0.3) is 5.91 Å². The third kappa shape index (κ3) is 4.83. The Hall–Kier alpha value is -2.34. The van der Waals surface area contributed by atoms with Crippen LogP contribution in [0.1, 0.15) is 19.6 Å². The van der Waals surface area contributed by atoms with Gasteiger partial charge in [0.05, 0.1) is 19.4 Å². The number of nitrogens with zero attached hydrogens (tertiary/aromatic N) is 1. The van der Waals surface area contributed by atoms with Crippen molar-refractivity contribution in [3.05, 3.63) is 54.2 Å². The lowest BCUT2D eigenvalue weighted by Crippen LogP contribution is -2.49. The molecule has 1 aromatic heterocycles. The highest BCUT2D eigenvalue weighted by Gasteiger charge is 2.34. The lowest BCUT2D eigenvalue weighted by Gasteiger charge is -2.32. The predicted molar refractivity (Wildman–Crippen MR) is 87.1 cm³/mol. The second-order valence-electron chi connectivity index (χ2n) is 5.87. The number of rotatable bonds is 8. The molecule has 0 fully saturated rings. The molecule has 2 aromatic rings. The van der Waals surface area contributed by atoms with Crippen molar-refractivity contribution < 1.29 is 23.1 Å². The third-order valence-electron chi connectivity index (χ3n) is 3.48. The van der Waals surface area contributed by atoms with Gasteiger partial charge in [0, 0.05) is 13.7 Å². The van der Waals surface area contributed by atoms with E-state index in [1.165, 1.54) is 24.3 Å². The van der Waals surface area contributed by atoms with E-state index < -0.39 is 5.60 Å². The fourth-order valence-electron chi connectivity index (χ4n) is 2.27. The molecule has 0 spiro atoms. The average Bonchev–Trinajstić information content (AvgIpc) is 3.06. The number of methoxy groups -OCH3 is 1. The van der Waals surface area contributed by atoms with E-state index in [1.54, 1.807) is 44.3 Å². The number of hydrogen-bond acceptors (Lipinski definition) is 4. The van der Waals surface area contributed by atoms with E-state index in [0.717, 1.165) is 0 Å². The van der Waals surface area contributed by atoms with Crippen LogP contribution < -0.4 is 4.74 Å². The van der Waals surface area contributed by atoms with E-state index in [-0.39, 0.29) is 11.7 Å². The minimum Gasteiger partial charge on any atom is -0.478 e. The first-order chi connectivity index (χ1) is 11.4. The van der Waals surface area contributed by atoms with E-state index in [2.05, 4.69) is 0 Å². The van der Waals surface area contributed by atoms with Crippen LogP contribution in [0.25, 0.3) is 0 Å². The molecule has 0 saturated heterocycles.